The average Bonchev–Trinajstić information content (AvgIpc) is 3.91. The number of hydrogen-bond acceptors (Lipinski definition) is 8. The Kier molecular flexibility index (Phi) is 11.3. The number of carbonyl (C=O) groups is 5. The summed E-state index contributed by atoms with van der Waals surface area (Å²) in [6, 6.07) is -3.32. The van der Waals surface area contributed by atoms with Crippen LogP contribution in [-0.4, -0.2) is 114 Å². The SMILES string of the molecule is C=C[C@@H]1C[C@]1(NC(=O)[C@@H]1C[C@@]23CN1C(=O)[C@H](C(C)(C)C)NC(=O)[C@@H](NC(=O)[C@@H]1CCCCN1C(C)C)C1CCCC(C1)C2(C)C31CCC1)C(=O)NS(=O)(=O)N(C)C(C)C. The molecule has 4 bridgehead atoms. The predicted octanol–water partition coefficient (Wildman–Crippen LogP) is 3.62. The van der Waals surface area contributed by atoms with E-state index in [1.165, 1.54) is 7.05 Å². The van der Waals surface area contributed by atoms with Crippen LogP contribution in [0.25, 0.3) is 0 Å². The lowest BCUT2D eigenvalue weighted by atomic mass is 9.65. The first-order valence-electron chi connectivity index (χ1n) is 22.4. The zero-order valence-electron chi connectivity index (χ0n) is 37.0. The third-order valence-corrected chi connectivity index (χ3v) is 18.5. The smallest absolute Gasteiger partial charge is 0.303 e. The molecule has 0 aromatic heterocycles. The van der Waals surface area contributed by atoms with Crippen molar-refractivity contribution in [3.63, 3.8) is 0 Å². The third kappa shape index (κ3) is 6.85. The van der Waals surface area contributed by atoms with Crippen LogP contribution in [-0.2, 0) is 34.2 Å². The third-order valence-electron chi connectivity index (χ3n) is 16.9. The van der Waals surface area contributed by atoms with E-state index >= 15 is 4.79 Å². The van der Waals surface area contributed by atoms with Crippen molar-refractivity contribution in [2.45, 2.75) is 174 Å². The molecule has 7 fully saturated rings. The molecule has 0 aromatic carbocycles. The molecule has 0 aromatic rings. The highest BCUT2D eigenvalue weighted by Gasteiger charge is 2.88. The molecule has 59 heavy (non-hydrogen) atoms. The van der Waals surface area contributed by atoms with E-state index in [-0.39, 0.29) is 64.3 Å². The van der Waals surface area contributed by atoms with Gasteiger partial charge in [-0.25, -0.2) is 4.72 Å². The number of nitrogens with one attached hydrogen (secondary N) is 4. The molecule has 3 saturated heterocycles. The van der Waals surface area contributed by atoms with Gasteiger partial charge in [0.1, 0.15) is 23.7 Å². The first-order chi connectivity index (χ1) is 27.5. The van der Waals surface area contributed by atoms with E-state index in [4.69, 9.17) is 0 Å². The summed E-state index contributed by atoms with van der Waals surface area (Å²) < 4.78 is 29.6. The van der Waals surface area contributed by atoms with Crippen LogP contribution in [0.15, 0.2) is 12.7 Å². The van der Waals surface area contributed by atoms with Crippen LogP contribution < -0.4 is 20.7 Å². The minimum absolute atomic E-state index is 0.0742. The van der Waals surface area contributed by atoms with Crippen molar-refractivity contribution in [2.24, 2.45) is 39.4 Å². The molecule has 2 spiro atoms. The van der Waals surface area contributed by atoms with Crippen molar-refractivity contribution in [3.8, 4) is 0 Å². The quantitative estimate of drug-likeness (QED) is 0.241. The summed E-state index contributed by atoms with van der Waals surface area (Å²) in [4.78, 5) is 77.0. The molecule has 4 saturated carbocycles. The molecule has 14 nitrogen and oxygen atoms in total. The Labute approximate surface area is 352 Å². The van der Waals surface area contributed by atoms with Gasteiger partial charge in [0.25, 0.3) is 5.91 Å². The van der Waals surface area contributed by atoms with Crippen LogP contribution in [0.5, 0.6) is 0 Å². The first kappa shape index (κ1) is 44.0. The lowest BCUT2D eigenvalue weighted by molar-refractivity contribution is -0.145. The van der Waals surface area contributed by atoms with E-state index in [0.717, 1.165) is 75.1 Å². The van der Waals surface area contributed by atoms with Gasteiger partial charge in [0, 0.05) is 37.0 Å². The van der Waals surface area contributed by atoms with Gasteiger partial charge in [0.15, 0.2) is 0 Å². The highest BCUT2D eigenvalue weighted by atomic mass is 32.2. The Hall–Kier alpha value is -3.04. The summed E-state index contributed by atoms with van der Waals surface area (Å²) in [6.07, 6.45) is 11.4. The lowest BCUT2D eigenvalue weighted by Gasteiger charge is -2.43. The fourth-order valence-corrected chi connectivity index (χ4v) is 14.1. The van der Waals surface area contributed by atoms with Crippen LogP contribution in [0.4, 0.5) is 0 Å². The van der Waals surface area contributed by atoms with Gasteiger partial charge in [0.2, 0.25) is 23.6 Å². The van der Waals surface area contributed by atoms with Crippen molar-refractivity contribution in [3.05, 3.63) is 12.7 Å². The first-order valence-corrected chi connectivity index (χ1v) is 23.9. The summed E-state index contributed by atoms with van der Waals surface area (Å²) >= 11 is 0. The standard InChI is InChI=1S/C44H71N7O7S/c1-11-29-23-44(29,39(56)48-59(57,58)49(10)26(2)3)47-36(53)32-24-43-25-51(32)38(55)34(40(6,7)8)46-37(54)33(45-35(52)31-18-12-13-21-50(31)27(4)5)28-16-14-17-30(22-28)41(43,9)42(43)19-15-20-42/h11,26-34H,1,12-25H2,2-10H3,(H,45,52)(H,46,54)(H,47,53)(H,48,56)/t28?,29-,30?,31+,32+,33+,34-,41?,43-,44-/m1/s1. The van der Waals surface area contributed by atoms with Gasteiger partial charge in [-0.3, -0.25) is 28.9 Å². The number of nitrogens with zero attached hydrogens (tertiary/aromatic N) is 3. The molecular formula is C44H71N7O7S. The number of hydrogen-bond donors (Lipinski definition) is 4. The van der Waals surface area contributed by atoms with Crippen LogP contribution in [0.3, 0.4) is 0 Å². The van der Waals surface area contributed by atoms with Crippen molar-refractivity contribution < 1.29 is 32.4 Å². The number of carbonyl (C=O) groups excluding carboxylic acids is 5. The van der Waals surface area contributed by atoms with Gasteiger partial charge in [-0.15, -0.1) is 6.58 Å². The van der Waals surface area contributed by atoms with Crippen LogP contribution in [0, 0.1) is 39.4 Å². The molecule has 7 rings (SSSR count). The van der Waals surface area contributed by atoms with Gasteiger partial charge in [-0.1, -0.05) is 53.0 Å². The van der Waals surface area contributed by atoms with E-state index in [1.54, 1.807) is 24.8 Å². The molecule has 3 aliphatic heterocycles. The summed E-state index contributed by atoms with van der Waals surface area (Å²) in [5.41, 5.74) is -2.95. The van der Waals surface area contributed by atoms with Crippen LogP contribution >= 0.6 is 0 Å². The zero-order chi connectivity index (χ0) is 43.2. The second-order valence-electron chi connectivity index (χ2n) is 21.2. The van der Waals surface area contributed by atoms with Crippen LogP contribution in [0.2, 0.25) is 0 Å². The van der Waals surface area contributed by atoms with Gasteiger partial charge in [0.05, 0.1) is 6.04 Å². The van der Waals surface area contributed by atoms with Gasteiger partial charge in [-0.05, 0) is 120 Å². The Morgan fingerprint density at radius 2 is 1.64 bits per heavy atom. The number of likely N-dealkylation sites (tertiary alicyclic amines) is 1. The van der Waals surface area contributed by atoms with E-state index in [2.05, 4.69) is 52.9 Å². The monoisotopic (exact) mass is 842 g/mol. The fourth-order valence-electron chi connectivity index (χ4n) is 13.0. The molecule has 4 N–H and O–H groups in total. The van der Waals surface area contributed by atoms with Gasteiger partial charge in [-0.2, -0.15) is 12.7 Å². The molecule has 330 valence electrons. The summed E-state index contributed by atoms with van der Waals surface area (Å²) in [5.74, 6) is -2.59. The highest BCUT2D eigenvalue weighted by molar-refractivity contribution is 7.87. The largest absolute Gasteiger partial charge is 0.343 e. The molecular weight excluding hydrogens is 771 g/mol. The minimum Gasteiger partial charge on any atom is -0.343 e. The maximum atomic E-state index is 15.3. The molecule has 15 heteroatoms. The van der Waals surface area contributed by atoms with E-state index in [9.17, 15) is 27.6 Å². The Morgan fingerprint density at radius 3 is 2.22 bits per heavy atom. The number of rotatable bonds is 10. The Bertz CT molecular complexity index is 1860. The van der Waals surface area contributed by atoms with E-state index < -0.39 is 63.1 Å². The van der Waals surface area contributed by atoms with Gasteiger partial charge >= 0.3 is 10.2 Å². The number of piperidine rings is 1. The molecule has 3 heterocycles. The zero-order valence-corrected chi connectivity index (χ0v) is 37.8. The highest BCUT2D eigenvalue weighted by Crippen LogP contribution is 2.91. The van der Waals surface area contributed by atoms with Gasteiger partial charge < -0.3 is 20.9 Å². The van der Waals surface area contributed by atoms with Crippen molar-refractivity contribution in [1.29, 1.82) is 0 Å². The van der Waals surface area contributed by atoms with E-state index in [1.807, 2.05) is 20.8 Å². The summed E-state index contributed by atoms with van der Waals surface area (Å²) in [5, 5.41) is 9.41. The molecule has 10 atom stereocenters. The maximum Gasteiger partial charge on any atom is 0.303 e. The molecule has 4 aliphatic carbocycles. The normalized spacial score (nSPS) is 38.1. The Morgan fingerprint density at radius 1 is 0.949 bits per heavy atom. The van der Waals surface area contributed by atoms with Crippen LogP contribution in [0.1, 0.15) is 132 Å². The average molecular weight is 842 g/mol. The lowest BCUT2D eigenvalue weighted by Crippen LogP contribution is -2.63. The molecule has 7 aliphatic rings. The second kappa shape index (κ2) is 15.1. The summed E-state index contributed by atoms with van der Waals surface area (Å²) in [6.45, 7) is 20.7. The second-order valence-corrected chi connectivity index (χ2v) is 23.0. The Balaban J connectivity index is 1.24. The van der Waals surface area contributed by atoms with Crippen molar-refractivity contribution in [1.82, 2.24) is 34.8 Å². The predicted molar refractivity (Wildman–Crippen MR) is 224 cm³/mol. The summed E-state index contributed by atoms with van der Waals surface area (Å²) in [7, 11) is -2.82. The maximum absolute atomic E-state index is 15.3. The molecule has 3 unspecified atom stereocenters. The topological polar surface area (TPSA) is 177 Å². The minimum atomic E-state index is -4.21. The van der Waals surface area contributed by atoms with Crippen molar-refractivity contribution >= 4 is 39.7 Å². The van der Waals surface area contributed by atoms with E-state index in [0.29, 0.717) is 13.0 Å². The van der Waals surface area contributed by atoms with Crippen molar-refractivity contribution in [2.75, 3.05) is 20.1 Å². The molecule has 0 radical (unpaired) electrons. The number of fused-ring (bicyclic) bond motifs is 5. The number of amides is 5. The molecule has 5 amide bonds. The fraction of sp³-hybridized carbons (Fsp3) is 0.841.